The molecule has 6 heteroatoms. The summed E-state index contributed by atoms with van der Waals surface area (Å²) >= 11 is 0. The average molecular weight is 351 g/mol. The van der Waals surface area contributed by atoms with E-state index >= 15 is 0 Å². The first-order valence-electron chi connectivity index (χ1n) is 9.05. The molecule has 26 heavy (non-hydrogen) atoms. The number of anilines is 2. The third-order valence-corrected chi connectivity index (χ3v) is 5.01. The Bertz CT molecular complexity index is 935. The number of hydrogen-bond acceptors (Lipinski definition) is 5. The van der Waals surface area contributed by atoms with E-state index in [4.69, 9.17) is 4.74 Å². The van der Waals surface area contributed by atoms with Crippen LogP contribution in [0.1, 0.15) is 18.3 Å². The van der Waals surface area contributed by atoms with Gasteiger partial charge >= 0.3 is 0 Å². The summed E-state index contributed by atoms with van der Waals surface area (Å²) in [7, 11) is 1.73. The monoisotopic (exact) mass is 351 g/mol. The molecule has 136 valence electrons. The maximum atomic E-state index is 5.54. The fraction of sp³-hybridized carbons (Fsp3) is 0.400. The Labute approximate surface area is 154 Å². The molecule has 1 fully saturated rings. The third kappa shape index (κ3) is 2.85. The quantitative estimate of drug-likeness (QED) is 0.726. The molecule has 1 saturated heterocycles. The summed E-state index contributed by atoms with van der Waals surface area (Å²) in [6.45, 7) is 9.12. The highest BCUT2D eigenvalue weighted by Gasteiger charge is 2.27. The number of aromatic nitrogens is 3. The molecular weight excluding hydrogens is 326 g/mol. The zero-order valence-corrected chi connectivity index (χ0v) is 15.8. The number of fused-ring (bicyclic) bond motifs is 1. The molecule has 0 amide bonds. The SMILES string of the molecule is COc1ccccc1N1CCN(c2cc(C)nc3cc(C)nn23)[C@H](C)C1. The van der Waals surface area contributed by atoms with Gasteiger partial charge in [0.1, 0.15) is 11.6 Å². The van der Waals surface area contributed by atoms with Crippen molar-refractivity contribution in [2.24, 2.45) is 0 Å². The Balaban J connectivity index is 1.64. The van der Waals surface area contributed by atoms with Crippen LogP contribution in [0.5, 0.6) is 5.75 Å². The number of ether oxygens (including phenoxy) is 1. The van der Waals surface area contributed by atoms with Crippen LogP contribution in [0, 0.1) is 13.8 Å². The van der Waals surface area contributed by atoms with Crippen molar-refractivity contribution < 1.29 is 4.74 Å². The lowest BCUT2D eigenvalue weighted by atomic mass is 10.1. The van der Waals surface area contributed by atoms with Crippen molar-refractivity contribution in [3.63, 3.8) is 0 Å². The lowest BCUT2D eigenvalue weighted by Gasteiger charge is -2.42. The third-order valence-electron chi connectivity index (χ3n) is 5.01. The number of rotatable bonds is 3. The maximum Gasteiger partial charge on any atom is 0.157 e. The molecule has 1 atom stereocenters. The molecule has 6 nitrogen and oxygen atoms in total. The van der Waals surface area contributed by atoms with Gasteiger partial charge in [-0.2, -0.15) is 9.61 Å². The van der Waals surface area contributed by atoms with E-state index in [-0.39, 0.29) is 0 Å². The van der Waals surface area contributed by atoms with Crippen molar-refractivity contribution in [3.05, 3.63) is 47.8 Å². The highest BCUT2D eigenvalue weighted by Crippen LogP contribution is 2.31. The lowest BCUT2D eigenvalue weighted by Crippen LogP contribution is -2.52. The summed E-state index contributed by atoms with van der Waals surface area (Å²) in [4.78, 5) is 9.44. The van der Waals surface area contributed by atoms with Crippen LogP contribution in [0.4, 0.5) is 11.5 Å². The van der Waals surface area contributed by atoms with E-state index in [0.717, 1.165) is 53.9 Å². The number of piperazine rings is 1. The summed E-state index contributed by atoms with van der Waals surface area (Å²) in [6.07, 6.45) is 0. The Morgan fingerprint density at radius 1 is 1.08 bits per heavy atom. The van der Waals surface area contributed by atoms with Gasteiger partial charge < -0.3 is 14.5 Å². The zero-order chi connectivity index (χ0) is 18.3. The Kier molecular flexibility index (Phi) is 4.18. The fourth-order valence-electron chi connectivity index (χ4n) is 3.81. The summed E-state index contributed by atoms with van der Waals surface area (Å²) < 4.78 is 7.51. The van der Waals surface area contributed by atoms with E-state index in [1.165, 1.54) is 0 Å². The van der Waals surface area contributed by atoms with Crippen LogP contribution in [-0.2, 0) is 0 Å². The first-order valence-corrected chi connectivity index (χ1v) is 9.05. The van der Waals surface area contributed by atoms with Crippen LogP contribution < -0.4 is 14.5 Å². The predicted octanol–water partition coefficient (Wildman–Crippen LogP) is 3.07. The first-order chi connectivity index (χ1) is 12.6. The number of methoxy groups -OCH3 is 1. The van der Waals surface area contributed by atoms with Crippen LogP contribution in [-0.4, -0.2) is 47.4 Å². The molecule has 4 rings (SSSR count). The van der Waals surface area contributed by atoms with Crippen molar-refractivity contribution in [2.75, 3.05) is 36.5 Å². The van der Waals surface area contributed by atoms with Gasteiger partial charge in [-0.1, -0.05) is 12.1 Å². The van der Waals surface area contributed by atoms with Gasteiger partial charge in [-0.15, -0.1) is 0 Å². The summed E-state index contributed by atoms with van der Waals surface area (Å²) in [5, 5.41) is 4.65. The van der Waals surface area contributed by atoms with Gasteiger partial charge in [-0.25, -0.2) is 4.98 Å². The summed E-state index contributed by atoms with van der Waals surface area (Å²) in [5.41, 5.74) is 4.08. The molecule has 0 bridgehead atoms. The molecular formula is C20H25N5O. The van der Waals surface area contributed by atoms with Crippen LogP contribution in [0.3, 0.4) is 0 Å². The van der Waals surface area contributed by atoms with Crippen molar-refractivity contribution in [1.29, 1.82) is 0 Å². The normalized spacial score (nSPS) is 17.8. The predicted molar refractivity (Wildman–Crippen MR) is 104 cm³/mol. The number of nitrogens with zero attached hydrogens (tertiary/aromatic N) is 5. The van der Waals surface area contributed by atoms with E-state index in [1.807, 2.05) is 36.6 Å². The zero-order valence-electron chi connectivity index (χ0n) is 15.8. The van der Waals surface area contributed by atoms with Crippen LogP contribution in [0.2, 0.25) is 0 Å². The van der Waals surface area contributed by atoms with Crippen molar-refractivity contribution in [2.45, 2.75) is 26.8 Å². The molecule has 0 unspecified atom stereocenters. The highest BCUT2D eigenvalue weighted by molar-refractivity contribution is 5.60. The largest absolute Gasteiger partial charge is 0.495 e. The second-order valence-corrected chi connectivity index (χ2v) is 6.97. The molecule has 0 spiro atoms. The second-order valence-electron chi connectivity index (χ2n) is 6.97. The Morgan fingerprint density at radius 3 is 2.65 bits per heavy atom. The molecule has 0 saturated carbocycles. The molecule has 3 aromatic rings. The second kappa shape index (κ2) is 6.52. The molecule has 1 aliphatic heterocycles. The molecule has 0 radical (unpaired) electrons. The smallest absolute Gasteiger partial charge is 0.157 e. The Hall–Kier alpha value is -2.76. The topological polar surface area (TPSA) is 45.9 Å². The molecule has 1 aliphatic rings. The van der Waals surface area contributed by atoms with E-state index in [9.17, 15) is 0 Å². The molecule has 0 N–H and O–H groups in total. The van der Waals surface area contributed by atoms with Gasteiger partial charge in [0.25, 0.3) is 0 Å². The number of para-hydroxylation sites is 2. The van der Waals surface area contributed by atoms with Gasteiger partial charge in [0, 0.05) is 43.5 Å². The Morgan fingerprint density at radius 2 is 1.88 bits per heavy atom. The van der Waals surface area contributed by atoms with E-state index in [1.54, 1.807) is 7.11 Å². The fourth-order valence-corrected chi connectivity index (χ4v) is 3.81. The minimum Gasteiger partial charge on any atom is -0.495 e. The van der Waals surface area contributed by atoms with Crippen molar-refractivity contribution in [3.8, 4) is 5.75 Å². The van der Waals surface area contributed by atoms with Gasteiger partial charge in [0.15, 0.2) is 5.65 Å². The lowest BCUT2D eigenvalue weighted by molar-refractivity contribution is 0.412. The number of benzene rings is 1. The van der Waals surface area contributed by atoms with Crippen LogP contribution >= 0.6 is 0 Å². The maximum absolute atomic E-state index is 5.54. The van der Waals surface area contributed by atoms with Crippen molar-refractivity contribution >= 4 is 17.2 Å². The van der Waals surface area contributed by atoms with Gasteiger partial charge in [-0.05, 0) is 32.9 Å². The van der Waals surface area contributed by atoms with Gasteiger partial charge in [0.05, 0.1) is 18.5 Å². The summed E-state index contributed by atoms with van der Waals surface area (Å²) in [5.74, 6) is 2.05. The molecule has 3 heterocycles. The number of hydrogen-bond donors (Lipinski definition) is 0. The van der Waals surface area contributed by atoms with Gasteiger partial charge in [-0.3, -0.25) is 0 Å². The first kappa shape index (κ1) is 16.7. The standard InChI is InChI=1S/C20H25N5O/c1-14-12-20(25-19(21-14)11-15(2)22-25)24-10-9-23(13-16(24)3)17-7-5-6-8-18(17)26-4/h5-8,11-12,16H,9-10,13H2,1-4H3/t16-/m1/s1. The molecule has 1 aromatic carbocycles. The minimum atomic E-state index is 0.350. The van der Waals surface area contributed by atoms with Crippen LogP contribution in [0.15, 0.2) is 36.4 Å². The van der Waals surface area contributed by atoms with Crippen molar-refractivity contribution in [1.82, 2.24) is 14.6 Å². The summed E-state index contributed by atoms with van der Waals surface area (Å²) in [6, 6.07) is 12.8. The van der Waals surface area contributed by atoms with E-state index in [0.29, 0.717) is 6.04 Å². The molecule has 2 aromatic heterocycles. The average Bonchev–Trinajstić information content (AvgIpc) is 3.01. The molecule has 0 aliphatic carbocycles. The van der Waals surface area contributed by atoms with E-state index < -0.39 is 0 Å². The van der Waals surface area contributed by atoms with E-state index in [2.05, 4.69) is 45.0 Å². The van der Waals surface area contributed by atoms with Gasteiger partial charge in [0.2, 0.25) is 0 Å². The highest BCUT2D eigenvalue weighted by atomic mass is 16.5. The number of aryl methyl sites for hydroxylation is 2. The minimum absolute atomic E-state index is 0.350. The van der Waals surface area contributed by atoms with Crippen LogP contribution in [0.25, 0.3) is 5.65 Å².